The smallest absolute Gasteiger partial charge is 0.227 e. The molecular formula is C18H21NO3S. The number of ether oxygens (including phenoxy) is 2. The van der Waals surface area contributed by atoms with Crippen LogP contribution in [0.4, 0.5) is 0 Å². The average Bonchev–Trinajstić information content (AvgIpc) is 3.05. The summed E-state index contributed by atoms with van der Waals surface area (Å²) < 4.78 is 10.6. The SMILES string of the molecule is COc1ccc(CC(=O)N2CCc3sccc3[C@@H]2C)c(OC)c1. The number of hydrogen-bond acceptors (Lipinski definition) is 4. The van der Waals surface area contributed by atoms with Gasteiger partial charge in [-0.05, 0) is 36.4 Å². The topological polar surface area (TPSA) is 38.8 Å². The van der Waals surface area contributed by atoms with E-state index < -0.39 is 0 Å². The zero-order valence-corrected chi connectivity index (χ0v) is 14.5. The van der Waals surface area contributed by atoms with Crippen LogP contribution in [0, 0.1) is 0 Å². The second-order valence-electron chi connectivity index (χ2n) is 5.67. The van der Waals surface area contributed by atoms with Gasteiger partial charge in [-0.15, -0.1) is 11.3 Å². The van der Waals surface area contributed by atoms with Crippen molar-refractivity contribution in [2.75, 3.05) is 20.8 Å². The first-order valence-electron chi connectivity index (χ1n) is 7.70. The molecule has 1 aliphatic heterocycles. The van der Waals surface area contributed by atoms with Gasteiger partial charge in [0.05, 0.1) is 26.7 Å². The normalized spacial score (nSPS) is 16.8. The molecular weight excluding hydrogens is 310 g/mol. The summed E-state index contributed by atoms with van der Waals surface area (Å²) in [5.74, 6) is 1.56. The summed E-state index contributed by atoms with van der Waals surface area (Å²) in [7, 11) is 3.23. The van der Waals surface area contributed by atoms with Gasteiger partial charge in [-0.2, -0.15) is 0 Å². The van der Waals surface area contributed by atoms with Crippen molar-refractivity contribution in [3.63, 3.8) is 0 Å². The van der Waals surface area contributed by atoms with Crippen LogP contribution in [0.2, 0.25) is 0 Å². The van der Waals surface area contributed by atoms with Crippen molar-refractivity contribution >= 4 is 17.2 Å². The van der Waals surface area contributed by atoms with Crippen molar-refractivity contribution in [3.05, 3.63) is 45.6 Å². The van der Waals surface area contributed by atoms with Crippen molar-refractivity contribution in [1.29, 1.82) is 0 Å². The number of benzene rings is 1. The minimum Gasteiger partial charge on any atom is -0.497 e. The van der Waals surface area contributed by atoms with Gasteiger partial charge in [0, 0.05) is 23.1 Å². The highest BCUT2D eigenvalue weighted by molar-refractivity contribution is 7.10. The molecule has 0 unspecified atom stereocenters. The third kappa shape index (κ3) is 3.06. The molecule has 1 amide bonds. The molecule has 0 saturated carbocycles. The summed E-state index contributed by atoms with van der Waals surface area (Å²) in [6.45, 7) is 2.89. The van der Waals surface area contributed by atoms with Gasteiger partial charge in [-0.3, -0.25) is 4.79 Å². The van der Waals surface area contributed by atoms with Crippen molar-refractivity contribution in [2.45, 2.75) is 25.8 Å². The van der Waals surface area contributed by atoms with E-state index in [1.165, 1.54) is 10.4 Å². The first kappa shape index (κ1) is 15.9. The van der Waals surface area contributed by atoms with E-state index in [2.05, 4.69) is 18.4 Å². The number of nitrogens with zero attached hydrogens (tertiary/aromatic N) is 1. The Labute approximate surface area is 140 Å². The van der Waals surface area contributed by atoms with E-state index in [1.54, 1.807) is 25.6 Å². The summed E-state index contributed by atoms with van der Waals surface area (Å²) in [6.07, 6.45) is 1.29. The summed E-state index contributed by atoms with van der Waals surface area (Å²) in [5.41, 5.74) is 2.18. The Morgan fingerprint density at radius 2 is 2.13 bits per heavy atom. The molecule has 1 aromatic carbocycles. The van der Waals surface area contributed by atoms with Gasteiger partial charge in [0.25, 0.3) is 0 Å². The fourth-order valence-corrected chi connectivity index (χ4v) is 4.08. The molecule has 1 aromatic heterocycles. The van der Waals surface area contributed by atoms with Crippen LogP contribution in [-0.2, 0) is 17.6 Å². The summed E-state index contributed by atoms with van der Waals surface area (Å²) >= 11 is 1.79. The van der Waals surface area contributed by atoms with Gasteiger partial charge in [0.1, 0.15) is 11.5 Å². The highest BCUT2D eigenvalue weighted by Crippen LogP contribution is 2.33. The molecule has 0 aliphatic carbocycles. The second kappa shape index (κ2) is 6.62. The lowest BCUT2D eigenvalue weighted by atomic mass is 10.00. The number of methoxy groups -OCH3 is 2. The van der Waals surface area contributed by atoms with Gasteiger partial charge in [0.2, 0.25) is 5.91 Å². The van der Waals surface area contributed by atoms with E-state index >= 15 is 0 Å². The number of fused-ring (bicyclic) bond motifs is 1. The lowest BCUT2D eigenvalue weighted by molar-refractivity contribution is -0.133. The molecule has 2 aromatic rings. The number of carbonyl (C=O) groups excluding carboxylic acids is 1. The maximum absolute atomic E-state index is 12.8. The highest BCUT2D eigenvalue weighted by atomic mass is 32.1. The van der Waals surface area contributed by atoms with E-state index in [-0.39, 0.29) is 11.9 Å². The number of rotatable bonds is 4. The maximum atomic E-state index is 12.8. The Kier molecular flexibility index (Phi) is 4.57. The van der Waals surface area contributed by atoms with E-state index in [0.717, 1.165) is 24.3 Å². The minimum atomic E-state index is 0.137. The molecule has 2 heterocycles. The van der Waals surface area contributed by atoms with E-state index in [9.17, 15) is 4.79 Å². The van der Waals surface area contributed by atoms with Crippen molar-refractivity contribution in [1.82, 2.24) is 4.90 Å². The molecule has 1 atom stereocenters. The lowest BCUT2D eigenvalue weighted by Crippen LogP contribution is -2.39. The first-order chi connectivity index (χ1) is 11.1. The summed E-state index contributed by atoms with van der Waals surface area (Å²) in [5, 5.41) is 2.11. The predicted octanol–water partition coefficient (Wildman–Crippen LogP) is 3.45. The number of carbonyl (C=O) groups is 1. The molecule has 0 bridgehead atoms. The standard InChI is InChI=1S/C18H21NO3S/c1-12-15-7-9-23-17(15)6-8-19(12)18(20)10-13-4-5-14(21-2)11-16(13)22-3/h4-5,7,9,11-12H,6,8,10H2,1-3H3/t12-/m0/s1. The number of thiophene rings is 1. The Bertz CT molecular complexity index is 710. The molecule has 122 valence electrons. The van der Waals surface area contributed by atoms with Gasteiger partial charge < -0.3 is 14.4 Å². The third-order valence-electron chi connectivity index (χ3n) is 4.43. The summed E-state index contributed by atoms with van der Waals surface area (Å²) in [4.78, 5) is 16.2. The van der Waals surface area contributed by atoms with Crippen LogP contribution in [0.25, 0.3) is 0 Å². The third-order valence-corrected chi connectivity index (χ3v) is 5.43. The maximum Gasteiger partial charge on any atom is 0.227 e. The van der Waals surface area contributed by atoms with Gasteiger partial charge in [0.15, 0.2) is 0 Å². The molecule has 0 N–H and O–H groups in total. The molecule has 0 saturated heterocycles. The zero-order valence-electron chi connectivity index (χ0n) is 13.7. The fraction of sp³-hybridized carbons (Fsp3) is 0.389. The van der Waals surface area contributed by atoms with Crippen LogP contribution in [0.3, 0.4) is 0 Å². The largest absolute Gasteiger partial charge is 0.497 e. The zero-order chi connectivity index (χ0) is 16.4. The van der Waals surface area contributed by atoms with Crippen molar-refractivity contribution in [3.8, 4) is 11.5 Å². The lowest BCUT2D eigenvalue weighted by Gasteiger charge is -2.34. The van der Waals surface area contributed by atoms with E-state index in [0.29, 0.717) is 12.2 Å². The van der Waals surface area contributed by atoms with E-state index in [1.807, 2.05) is 23.1 Å². The Hall–Kier alpha value is -2.01. The Morgan fingerprint density at radius 3 is 2.87 bits per heavy atom. The molecule has 0 fully saturated rings. The van der Waals surface area contributed by atoms with Crippen molar-refractivity contribution in [2.24, 2.45) is 0 Å². The van der Waals surface area contributed by atoms with Crippen LogP contribution in [0.15, 0.2) is 29.6 Å². The summed E-state index contributed by atoms with van der Waals surface area (Å²) in [6, 6.07) is 7.86. The molecule has 0 radical (unpaired) electrons. The molecule has 23 heavy (non-hydrogen) atoms. The molecule has 4 nitrogen and oxygen atoms in total. The highest BCUT2D eigenvalue weighted by Gasteiger charge is 2.28. The average molecular weight is 331 g/mol. The second-order valence-corrected chi connectivity index (χ2v) is 6.67. The molecule has 5 heteroatoms. The van der Waals surface area contributed by atoms with Gasteiger partial charge in [-0.1, -0.05) is 6.07 Å². The Balaban J connectivity index is 1.77. The first-order valence-corrected chi connectivity index (χ1v) is 8.58. The Morgan fingerprint density at radius 1 is 1.30 bits per heavy atom. The van der Waals surface area contributed by atoms with Crippen LogP contribution in [0.1, 0.15) is 29.0 Å². The van der Waals surface area contributed by atoms with E-state index in [4.69, 9.17) is 9.47 Å². The van der Waals surface area contributed by atoms with Crippen LogP contribution in [0.5, 0.6) is 11.5 Å². The molecule has 1 aliphatic rings. The quantitative estimate of drug-likeness (QED) is 0.861. The van der Waals surface area contributed by atoms with Crippen molar-refractivity contribution < 1.29 is 14.3 Å². The van der Waals surface area contributed by atoms with Crippen LogP contribution >= 0.6 is 11.3 Å². The minimum absolute atomic E-state index is 0.137. The van der Waals surface area contributed by atoms with Gasteiger partial charge >= 0.3 is 0 Å². The van der Waals surface area contributed by atoms with Gasteiger partial charge in [-0.25, -0.2) is 0 Å². The predicted molar refractivity (Wildman–Crippen MR) is 91.4 cm³/mol. The molecule has 0 spiro atoms. The van der Waals surface area contributed by atoms with Crippen LogP contribution in [-0.4, -0.2) is 31.6 Å². The fourth-order valence-electron chi connectivity index (χ4n) is 3.11. The van der Waals surface area contributed by atoms with Crippen LogP contribution < -0.4 is 9.47 Å². The number of hydrogen-bond donors (Lipinski definition) is 0. The molecule has 3 rings (SSSR count). The number of amides is 1. The monoisotopic (exact) mass is 331 g/mol.